The summed E-state index contributed by atoms with van der Waals surface area (Å²) in [4.78, 5) is 29.4. The lowest BCUT2D eigenvalue weighted by molar-refractivity contribution is -0.124. The van der Waals surface area contributed by atoms with Crippen LogP contribution >= 0.6 is 23.2 Å². The number of pyridine rings is 1. The van der Waals surface area contributed by atoms with E-state index >= 15 is 0 Å². The summed E-state index contributed by atoms with van der Waals surface area (Å²) in [5, 5.41) is 6.41. The Bertz CT molecular complexity index is 797. The molecule has 2 aromatic rings. The summed E-state index contributed by atoms with van der Waals surface area (Å²) in [6, 6.07) is 7.43. The Labute approximate surface area is 169 Å². The van der Waals surface area contributed by atoms with Gasteiger partial charge in [-0.1, -0.05) is 43.1 Å². The van der Waals surface area contributed by atoms with Gasteiger partial charge in [0, 0.05) is 17.4 Å². The Morgan fingerprint density at radius 2 is 1.85 bits per heavy atom. The van der Waals surface area contributed by atoms with Crippen LogP contribution in [0.2, 0.25) is 10.0 Å². The van der Waals surface area contributed by atoms with Crippen molar-refractivity contribution < 1.29 is 9.59 Å². The number of hydrogen-bond donors (Lipinski definition) is 2. The van der Waals surface area contributed by atoms with Crippen LogP contribution in [0.5, 0.6) is 0 Å². The minimum atomic E-state index is -0.677. The van der Waals surface area contributed by atoms with Crippen LogP contribution in [0.25, 0.3) is 0 Å². The molecule has 2 amide bonds. The highest BCUT2D eigenvalue weighted by Crippen LogP contribution is 2.21. The Morgan fingerprint density at radius 3 is 2.44 bits per heavy atom. The zero-order valence-electron chi connectivity index (χ0n) is 15.5. The predicted octanol–water partition coefficient (Wildman–Crippen LogP) is 4.41. The Balaban J connectivity index is 2.11. The van der Waals surface area contributed by atoms with E-state index in [1.165, 1.54) is 6.07 Å². The van der Waals surface area contributed by atoms with Crippen LogP contribution in [-0.2, 0) is 4.79 Å². The van der Waals surface area contributed by atoms with Gasteiger partial charge in [0.05, 0.1) is 16.6 Å². The third-order valence-electron chi connectivity index (χ3n) is 4.05. The zero-order valence-corrected chi connectivity index (χ0v) is 17.0. The number of benzene rings is 1. The van der Waals surface area contributed by atoms with Gasteiger partial charge in [-0.25, -0.2) is 0 Å². The summed E-state index contributed by atoms with van der Waals surface area (Å²) in [5.74, 6) is -0.444. The smallest absolute Gasteiger partial charge is 0.253 e. The number of nitrogens with one attached hydrogen (secondary N) is 2. The minimum absolute atomic E-state index is 0.218. The van der Waals surface area contributed by atoms with Crippen molar-refractivity contribution in [2.45, 2.75) is 39.3 Å². The highest BCUT2D eigenvalue weighted by Gasteiger charge is 2.25. The molecule has 1 aromatic carbocycles. The first-order valence-corrected chi connectivity index (χ1v) is 9.49. The van der Waals surface area contributed by atoms with E-state index < -0.39 is 11.9 Å². The molecule has 0 fully saturated rings. The third-order valence-corrected chi connectivity index (χ3v) is 4.60. The average molecular weight is 408 g/mol. The number of amides is 2. The van der Waals surface area contributed by atoms with E-state index in [1.54, 1.807) is 24.5 Å². The fraction of sp³-hybridized carbons (Fsp3) is 0.350. The van der Waals surface area contributed by atoms with Gasteiger partial charge in [0.15, 0.2) is 0 Å². The van der Waals surface area contributed by atoms with Crippen LogP contribution < -0.4 is 10.6 Å². The number of nitrogens with zero attached hydrogens (tertiary/aromatic N) is 1. The summed E-state index contributed by atoms with van der Waals surface area (Å²) >= 11 is 12.0. The molecule has 1 heterocycles. The van der Waals surface area contributed by atoms with Gasteiger partial charge >= 0.3 is 0 Å². The fourth-order valence-corrected chi connectivity index (χ4v) is 3.14. The first-order chi connectivity index (χ1) is 12.8. The van der Waals surface area contributed by atoms with Crippen molar-refractivity contribution in [3.63, 3.8) is 0 Å². The highest BCUT2D eigenvalue weighted by atomic mass is 35.5. The maximum absolute atomic E-state index is 12.8. The van der Waals surface area contributed by atoms with E-state index in [0.29, 0.717) is 11.4 Å². The van der Waals surface area contributed by atoms with Crippen LogP contribution in [0, 0.1) is 5.92 Å². The van der Waals surface area contributed by atoms with Crippen LogP contribution in [0.3, 0.4) is 0 Å². The summed E-state index contributed by atoms with van der Waals surface area (Å²) in [7, 11) is 0. The van der Waals surface area contributed by atoms with Crippen LogP contribution in [-0.4, -0.2) is 22.8 Å². The zero-order chi connectivity index (χ0) is 20.0. The Kier molecular flexibility index (Phi) is 7.63. The van der Waals surface area contributed by atoms with Gasteiger partial charge < -0.3 is 10.6 Å². The van der Waals surface area contributed by atoms with Gasteiger partial charge in [0.1, 0.15) is 6.04 Å². The second-order valence-electron chi connectivity index (χ2n) is 6.80. The van der Waals surface area contributed by atoms with E-state index in [0.717, 1.165) is 5.56 Å². The molecule has 2 unspecified atom stereocenters. The minimum Gasteiger partial charge on any atom is -0.348 e. The number of rotatable bonds is 7. The largest absolute Gasteiger partial charge is 0.348 e. The van der Waals surface area contributed by atoms with Crippen molar-refractivity contribution in [1.29, 1.82) is 0 Å². The topological polar surface area (TPSA) is 71.1 Å². The van der Waals surface area contributed by atoms with Crippen LogP contribution in [0.1, 0.15) is 49.2 Å². The molecule has 0 aliphatic heterocycles. The molecule has 1 aromatic heterocycles. The van der Waals surface area contributed by atoms with E-state index in [4.69, 9.17) is 23.2 Å². The maximum atomic E-state index is 12.8. The molecule has 0 aliphatic carbocycles. The summed E-state index contributed by atoms with van der Waals surface area (Å²) < 4.78 is 0. The van der Waals surface area contributed by atoms with Gasteiger partial charge in [-0.2, -0.15) is 0 Å². The van der Waals surface area contributed by atoms with Crippen molar-refractivity contribution >= 4 is 35.0 Å². The van der Waals surface area contributed by atoms with Crippen LogP contribution in [0.4, 0.5) is 0 Å². The molecule has 2 atom stereocenters. The van der Waals surface area contributed by atoms with Crippen molar-refractivity contribution in [2.24, 2.45) is 5.92 Å². The standard InChI is InChI=1S/C20H23Cl2N3O2/c1-12(2)9-18(20(27)24-13(3)14-5-4-8-23-11-14)25-19(26)16-7-6-15(21)10-17(16)22/h4-8,10-13,18H,9H2,1-3H3,(H,24,27)(H,25,26). The predicted molar refractivity (Wildman–Crippen MR) is 108 cm³/mol. The molecule has 0 spiro atoms. The van der Waals surface area contributed by atoms with E-state index in [1.807, 2.05) is 32.9 Å². The molecule has 0 radical (unpaired) electrons. The lowest BCUT2D eigenvalue weighted by Gasteiger charge is -2.23. The first kappa shape index (κ1) is 21.2. The van der Waals surface area contributed by atoms with Gasteiger partial charge in [-0.3, -0.25) is 14.6 Å². The first-order valence-electron chi connectivity index (χ1n) is 8.74. The Hall–Kier alpha value is -2.11. The van der Waals surface area contributed by atoms with Crippen molar-refractivity contribution in [1.82, 2.24) is 15.6 Å². The number of halogens is 2. The molecule has 0 saturated heterocycles. The third kappa shape index (κ3) is 6.22. The number of carbonyl (C=O) groups is 2. The number of hydrogen-bond acceptors (Lipinski definition) is 3. The molecule has 5 nitrogen and oxygen atoms in total. The lowest BCUT2D eigenvalue weighted by atomic mass is 10.0. The van der Waals surface area contributed by atoms with Crippen molar-refractivity contribution in [3.05, 3.63) is 63.9 Å². The fourth-order valence-electron chi connectivity index (χ4n) is 2.64. The lowest BCUT2D eigenvalue weighted by Crippen LogP contribution is -2.48. The van der Waals surface area contributed by atoms with Gasteiger partial charge in [-0.05, 0) is 49.1 Å². The average Bonchev–Trinajstić information content (AvgIpc) is 2.61. The molecule has 27 heavy (non-hydrogen) atoms. The highest BCUT2D eigenvalue weighted by molar-refractivity contribution is 6.36. The van der Waals surface area contributed by atoms with Gasteiger partial charge in [0.25, 0.3) is 5.91 Å². The molecule has 7 heteroatoms. The maximum Gasteiger partial charge on any atom is 0.253 e. The normalized spacial score (nSPS) is 13.1. The monoisotopic (exact) mass is 407 g/mol. The summed E-state index contributed by atoms with van der Waals surface area (Å²) in [6.45, 7) is 5.86. The SMILES string of the molecule is CC(C)CC(NC(=O)c1ccc(Cl)cc1Cl)C(=O)NC(C)c1cccnc1. The second kappa shape index (κ2) is 9.72. The van der Waals surface area contributed by atoms with Gasteiger partial charge in [0.2, 0.25) is 5.91 Å². The van der Waals surface area contributed by atoms with E-state index in [-0.39, 0.29) is 28.5 Å². The van der Waals surface area contributed by atoms with E-state index in [2.05, 4.69) is 15.6 Å². The Morgan fingerprint density at radius 1 is 1.11 bits per heavy atom. The number of aromatic nitrogens is 1. The van der Waals surface area contributed by atoms with Gasteiger partial charge in [-0.15, -0.1) is 0 Å². The molecular formula is C20H23Cl2N3O2. The molecule has 0 saturated carbocycles. The molecule has 2 N–H and O–H groups in total. The summed E-state index contributed by atoms with van der Waals surface area (Å²) in [6.07, 6.45) is 3.88. The quantitative estimate of drug-likeness (QED) is 0.713. The van der Waals surface area contributed by atoms with Crippen molar-refractivity contribution in [2.75, 3.05) is 0 Å². The van der Waals surface area contributed by atoms with Crippen LogP contribution in [0.15, 0.2) is 42.7 Å². The molecule has 0 aliphatic rings. The number of carbonyl (C=O) groups excluding carboxylic acids is 2. The molecule has 0 bridgehead atoms. The van der Waals surface area contributed by atoms with Crippen molar-refractivity contribution in [3.8, 4) is 0 Å². The summed E-state index contributed by atoms with van der Waals surface area (Å²) in [5.41, 5.74) is 1.17. The molecule has 144 valence electrons. The van der Waals surface area contributed by atoms with E-state index in [9.17, 15) is 9.59 Å². The molecule has 2 rings (SSSR count). The molecular weight excluding hydrogens is 385 g/mol. The second-order valence-corrected chi connectivity index (χ2v) is 7.64.